The van der Waals surface area contributed by atoms with Crippen LogP contribution in [0.15, 0.2) is 35.7 Å². The molecule has 1 fully saturated rings. The Hall–Kier alpha value is -1.90. The molecular weight excluding hydrogens is 408 g/mol. The van der Waals surface area contributed by atoms with Crippen LogP contribution in [0.3, 0.4) is 0 Å². The maximum Gasteiger partial charge on any atom is 0.228 e. The number of fused-ring (bicyclic) bond motifs is 1. The van der Waals surface area contributed by atoms with E-state index >= 15 is 0 Å². The topological polar surface area (TPSA) is 66.9 Å². The van der Waals surface area contributed by atoms with Gasteiger partial charge in [0, 0.05) is 29.6 Å². The van der Waals surface area contributed by atoms with Crippen molar-refractivity contribution in [1.82, 2.24) is 9.21 Å². The Bertz CT molecular complexity index is 984. The highest BCUT2D eigenvalue weighted by Gasteiger charge is 2.35. The van der Waals surface area contributed by atoms with Crippen molar-refractivity contribution in [2.45, 2.75) is 51.4 Å². The van der Waals surface area contributed by atoms with E-state index in [0.717, 1.165) is 34.6 Å². The molecule has 0 radical (unpaired) electrons. The van der Waals surface area contributed by atoms with Crippen LogP contribution in [0, 0.1) is 0 Å². The Morgan fingerprint density at radius 2 is 2.10 bits per heavy atom. The van der Waals surface area contributed by atoms with E-state index in [9.17, 15) is 13.2 Å². The minimum absolute atomic E-state index is 0.0303. The van der Waals surface area contributed by atoms with E-state index in [1.165, 1.54) is 6.26 Å². The van der Waals surface area contributed by atoms with Crippen molar-refractivity contribution in [1.29, 1.82) is 0 Å². The number of amides is 1. The third-order valence-corrected chi connectivity index (χ3v) is 7.58. The molecule has 1 aromatic heterocycles. The summed E-state index contributed by atoms with van der Waals surface area (Å²) in [5.74, 6) is 0.849. The fourth-order valence-electron chi connectivity index (χ4n) is 3.69. The first kappa shape index (κ1) is 20.4. The number of rotatable bonds is 6. The van der Waals surface area contributed by atoms with Crippen molar-refractivity contribution >= 4 is 27.3 Å². The number of hydrogen-bond acceptors (Lipinski definition) is 5. The third-order valence-electron chi connectivity index (χ3n) is 5.42. The van der Waals surface area contributed by atoms with Crippen molar-refractivity contribution in [2.24, 2.45) is 0 Å². The van der Waals surface area contributed by atoms with Crippen molar-refractivity contribution < 1.29 is 17.9 Å². The molecule has 156 valence electrons. The lowest BCUT2D eigenvalue weighted by molar-refractivity contribution is -0.133. The highest BCUT2D eigenvalue weighted by atomic mass is 32.2. The predicted octanol–water partition coefficient (Wildman–Crippen LogP) is 3.02. The monoisotopic (exact) mass is 434 g/mol. The van der Waals surface area contributed by atoms with E-state index in [1.54, 1.807) is 15.6 Å². The molecule has 1 saturated carbocycles. The normalized spacial score (nSPS) is 19.6. The molecule has 2 aliphatic rings. The molecule has 1 amide bonds. The average molecular weight is 435 g/mol. The zero-order valence-electron chi connectivity index (χ0n) is 16.7. The smallest absolute Gasteiger partial charge is 0.228 e. The van der Waals surface area contributed by atoms with E-state index in [2.05, 4.69) is 0 Å². The Kier molecular flexibility index (Phi) is 5.68. The number of benzene rings is 1. The summed E-state index contributed by atoms with van der Waals surface area (Å²) >= 11 is 1.59. The molecule has 1 aliphatic heterocycles. The highest BCUT2D eigenvalue weighted by molar-refractivity contribution is 7.88. The van der Waals surface area contributed by atoms with Gasteiger partial charge < -0.3 is 9.64 Å². The van der Waals surface area contributed by atoms with Crippen LogP contribution in [0.4, 0.5) is 0 Å². The summed E-state index contributed by atoms with van der Waals surface area (Å²) in [5, 5.41) is 1.98. The summed E-state index contributed by atoms with van der Waals surface area (Å²) < 4.78 is 31.8. The summed E-state index contributed by atoms with van der Waals surface area (Å²) in [7, 11) is -3.25. The first-order valence-electron chi connectivity index (χ1n) is 9.84. The van der Waals surface area contributed by atoms with Gasteiger partial charge in [0.2, 0.25) is 15.9 Å². The zero-order valence-corrected chi connectivity index (χ0v) is 18.3. The van der Waals surface area contributed by atoms with Gasteiger partial charge in [-0.05, 0) is 48.9 Å². The van der Waals surface area contributed by atoms with Crippen molar-refractivity contribution in [3.05, 3.63) is 51.7 Å². The Labute approximate surface area is 176 Å². The number of carbonyl (C=O) groups is 1. The van der Waals surface area contributed by atoms with Crippen molar-refractivity contribution in [3.8, 4) is 5.75 Å². The van der Waals surface area contributed by atoms with Gasteiger partial charge in [0.25, 0.3) is 0 Å². The van der Waals surface area contributed by atoms with Crippen LogP contribution in [-0.4, -0.2) is 48.5 Å². The molecular formula is C21H26N2O4S2. The van der Waals surface area contributed by atoms with Gasteiger partial charge in [-0.2, -0.15) is 4.31 Å². The van der Waals surface area contributed by atoms with Crippen LogP contribution < -0.4 is 4.74 Å². The molecule has 6 nitrogen and oxygen atoms in total. The molecule has 0 saturated heterocycles. The molecule has 0 bridgehead atoms. The molecule has 1 aliphatic carbocycles. The van der Waals surface area contributed by atoms with E-state index < -0.39 is 10.0 Å². The molecule has 29 heavy (non-hydrogen) atoms. The second-order valence-corrected chi connectivity index (χ2v) is 10.9. The maximum atomic E-state index is 12.9. The second kappa shape index (κ2) is 8.08. The first-order valence-corrected chi connectivity index (χ1v) is 12.6. The average Bonchev–Trinajstić information content (AvgIpc) is 3.40. The zero-order chi connectivity index (χ0) is 20.6. The molecule has 2 heterocycles. The van der Waals surface area contributed by atoms with Crippen LogP contribution in [0.2, 0.25) is 0 Å². The molecule has 1 aromatic carbocycles. The Morgan fingerprint density at radius 1 is 1.31 bits per heavy atom. The molecule has 1 atom stereocenters. The first-order chi connectivity index (χ1) is 13.8. The summed E-state index contributed by atoms with van der Waals surface area (Å²) in [5.41, 5.74) is 1.85. The van der Waals surface area contributed by atoms with Crippen LogP contribution >= 0.6 is 11.3 Å². The minimum Gasteiger partial charge on any atom is -0.491 e. The van der Waals surface area contributed by atoms with Crippen molar-refractivity contribution in [3.63, 3.8) is 0 Å². The molecule has 4 rings (SSSR count). The van der Waals surface area contributed by atoms with Crippen LogP contribution in [0.1, 0.15) is 35.8 Å². The van der Waals surface area contributed by atoms with Crippen LogP contribution in [-0.2, 0) is 34.3 Å². The summed E-state index contributed by atoms with van der Waals surface area (Å²) in [6.45, 7) is 3.27. The lowest BCUT2D eigenvalue weighted by Crippen LogP contribution is -2.40. The van der Waals surface area contributed by atoms with E-state index in [1.807, 2.05) is 47.5 Å². The number of ether oxygens (including phenoxy) is 1. The van der Waals surface area contributed by atoms with Gasteiger partial charge in [0.05, 0.1) is 18.7 Å². The van der Waals surface area contributed by atoms with E-state index in [4.69, 9.17) is 4.74 Å². The summed E-state index contributed by atoms with van der Waals surface area (Å²) in [6.07, 6.45) is 3.50. The van der Waals surface area contributed by atoms with Gasteiger partial charge >= 0.3 is 0 Å². The SMILES string of the molecule is C[C@H]1COc2ccc(CN(C3CC3)S(C)(=O)=O)cc2CN1C(=O)Cc1cccs1. The maximum absolute atomic E-state index is 12.9. The van der Waals surface area contributed by atoms with Gasteiger partial charge in [0.1, 0.15) is 12.4 Å². The van der Waals surface area contributed by atoms with Crippen LogP contribution in [0.25, 0.3) is 0 Å². The number of thiophene rings is 1. The van der Waals surface area contributed by atoms with Gasteiger partial charge in [-0.1, -0.05) is 12.1 Å². The van der Waals surface area contributed by atoms with Gasteiger partial charge in [-0.15, -0.1) is 11.3 Å². The van der Waals surface area contributed by atoms with Gasteiger partial charge in [0.15, 0.2) is 0 Å². The standard InChI is InChI=1S/C21H26N2O4S2/c1-15-14-27-20-8-5-16(12-23(18-6-7-18)29(2,25)26)10-17(20)13-22(15)21(24)11-19-4-3-9-28-19/h3-5,8-10,15,18H,6-7,11-14H2,1-2H3/t15-/m0/s1. The molecule has 8 heteroatoms. The van der Waals surface area contributed by atoms with Crippen molar-refractivity contribution in [2.75, 3.05) is 12.9 Å². The quantitative estimate of drug-likeness (QED) is 0.701. The van der Waals surface area contributed by atoms with E-state index in [0.29, 0.717) is 26.1 Å². The lowest BCUT2D eigenvalue weighted by Gasteiger charge is -2.26. The number of carbonyl (C=O) groups excluding carboxylic acids is 1. The summed E-state index contributed by atoms with van der Waals surface area (Å²) in [6, 6.07) is 9.83. The predicted molar refractivity (Wildman–Crippen MR) is 113 cm³/mol. The Morgan fingerprint density at radius 3 is 2.76 bits per heavy atom. The summed E-state index contributed by atoms with van der Waals surface area (Å²) in [4.78, 5) is 15.8. The number of sulfonamides is 1. The fraction of sp³-hybridized carbons (Fsp3) is 0.476. The molecule has 0 spiro atoms. The second-order valence-electron chi connectivity index (χ2n) is 7.92. The van der Waals surface area contributed by atoms with Crippen LogP contribution in [0.5, 0.6) is 5.75 Å². The fourth-order valence-corrected chi connectivity index (χ4v) is 5.52. The molecule has 2 aromatic rings. The number of hydrogen-bond donors (Lipinski definition) is 0. The molecule has 0 N–H and O–H groups in total. The number of nitrogens with zero attached hydrogens (tertiary/aromatic N) is 2. The lowest BCUT2D eigenvalue weighted by atomic mass is 10.1. The van der Waals surface area contributed by atoms with Gasteiger partial charge in [-0.25, -0.2) is 8.42 Å². The third kappa shape index (κ3) is 4.82. The Balaban J connectivity index is 1.54. The highest BCUT2D eigenvalue weighted by Crippen LogP contribution is 2.32. The minimum atomic E-state index is -3.25. The van der Waals surface area contributed by atoms with Gasteiger partial charge in [-0.3, -0.25) is 4.79 Å². The van der Waals surface area contributed by atoms with E-state index in [-0.39, 0.29) is 18.0 Å². The molecule has 0 unspecified atom stereocenters. The largest absolute Gasteiger partial charge is 0.491 e.